The molecule has 4 fully saturated rings. The second kappa shape index (κ2) is 45.9. The molecule has 4 aliphatic heterocycles. The molecule has 2 N–H and O–H groups in total. The number of carbonyl (C=O) groups is 6. The molecule has 20 atom stereocenters. The summed E-state index contributed by atoms with van der Waals surface area (Å²) in [6.07, 6.45) is -67.5. The van der Waals surface area contributed by atoms with Gasteiger partial charge in [-0.2, -0.15) is 43.2 Å². The first kappa shape index (κ1) is 103. The molecule has 52 heteroatoms. The number of alkyl halides is 6. The van der Waals surface area contributed by atoms with E-state index in [1.165, 1.54) is 189 Å². The highest BCUT2D eigenvalue weighted by atomic mass is 32.3. The Bertz CT molecular complexity index is 5660. The summed E-state index contributed by atoms with van der Waals surface area (Å²) in [7, 11) is -23.8. The standard InChI is InChI=1S/C82H82F6N2O40S4/c1-45(91)33-38-56(92)121-61-57(89-79(97)81(83,84)85)75(119-54(43-116-131(99,100)101)59(61)129-133(105,106)107)125-66-64(113-40-47-23-11-4-12-24-47)70(123-72(94)51-31-19-8-20-32-51)78(128-68(66)74(96)115-42-49-27-15-6-16-28-49)124-62-58(90-80(98)82(86,87)88)76(120-55(44-117-132(102,103)104)60(62)130-134(108,109)110)126-65-63(112-39-46-21-9-3-10-22-46)69(122-71(93)50-29-17-7-18-30-50)77(118-53-36-34-52(111-2)35-37-53)127-67(65)73(95)114-41-48-25-13-5-14-26-48/h3-32,34-37,54-55,57-70,75-78H,33,38-44H2,1-2H3,(H,89,97)(H,90,98)(H,99,100,101)(H,102,103,104)(H,105,106,107)(H,108,109,110)/p-4/t54-,55-,57-,58-,59+,60+,61-,62-,63+,64+,65+,66+,67+,68+,69-,70-,75+,76+,77-,78-/m1/s1. The molecule has 0 unspecified atom stereocenters. The molecule has 0 radical (unpaired) electrons. The van der Waals surface area contributed by atoms with Gasteiger partial charge in [0.1, 0.15) is 97.5 Å². The number of aliphatic imine (C=N–C) groups is 2. The van der Waals surface area contributed by atoms with Crippen LogP contribution in [0, 0.1) is 0 Å². The summed E-state index contributed by atoms with van der Waals surface area (Å²) >= 11 is 0. The minimum Gasteiger partial charge on any atom is -0.856 e. The average Bonchev–Trinajstić information content (AvgIpc) is 0.744. The predicted octanol–water partition coefficient (Wildman–Crippen LogP) is 4.23. The van der Waals surface area contributed by atoms with Crippen LogP contribution in [-0.2, 0) is 170 Å². The number of methoxy groups -OCH3 is 1. The maximum Gasteiger partial charge on any atom is 0.419 e. The van der Waals surface area contributed by atoms with Crippen molar-refractivity contribution in [1.82, 2.24) is 0 Å². The van der Waals surface area contributed by atoms with Crippen molar-refractivity contribution >= 4 is 89.0 Å². The van der Waals surface area contributed by atoms with E-state index in [0.29, 0.717) is 0 Å². The van der Waals surface area contributed by atoms with Gasteiger partial charge in [0.15, 0.2) is 49.4 Å². The molecule has 4 heterocycles. The van der Waals surface area contributed by atoms with Gasteiger partial charge in [0.05, 0.1) is 62.9 Å². The highest BCUT2D eigenvalue weighted by Crippen LogP contribution is 2.43. The van der Waals surface area contributed by atoms with Gasteiger partial charge in [-0.1, -0.05) is 158 Å². The largest absolute Gasteiger partial charge is 0.856 e. The van der Waals surface area contributed by atoms with Gasteiger partial charge in [-0.3, -0.25) is 32.3 Å². The van der Waals surface area contributed by atoms with Crippen molar-refractivity contribution in [3.05, 3.63) is 240 Å². The number of ether oxygens (including phenoxy) is 16. The Morgan fingerprint density at radius 3 is 1.11 bits per heavy atom. The molecule has 7 aromatic rings. The maximum absolute atomic E-state index is 15.8. The number of esters is 5. The molecule has 726 valence electrons. The number of hydrogen-bond donors (Lipinski definition) is 2. The van der Waals surface area contributed by atoms with Gasteiger partial charge in [-0.15, -0.1) is 0 Å². The number of carbonyl (C=O) groups excluding carboxylic acids is 6. The molecule has 4 saturated heterocycles. The number of rotatable bonds is 41. The molecule has 0 amide bonds. The first-order valence-electron chi connectivity index (χ1n) is 39.3. The lowest BCUT2D eigenvalue weighted by atomic mass is 9.93. The van der Waals surface area contributed by atoms with Gasteiger partial charge in [-0.05, 0) is 77.7 Å². The van der Waals surface area contributed by atoms with Crippen molar-refractivity contribution in [1.29, 1.82) is 0 Å². The van der Waals surface area contributed by atoms with E-state index in [2.05, 4.69) is 22.5 Å². The Morgan fingerprint density at radius 2 is 0.746 bits per heavy atom. The second-order valence-corrected chi connectivity index (χ2v) is 33.3. The zero-order chi connectivity index (χ0) is 97.0. The lowest BCUT2D eigenvalue weighted by molar-refractivity contribution is -0.368. The number of nitrogens with zero attached hydrogens (tertiary/aromatic N) is 2. The van der Waals surface area contributed by atoms with E-state index in [0.717, 1.165) is 19.1 Å². The summed E-state index contributed by atoms with van der Waals surface area (Å²) in [4.78, 5) is 93.9. The number of ketones is 1. The van der Waals surface area contributed by atoms with E-state index < -0.39 is 282 Å². The summed E-state index contributed by atoms with van der Waals surface area (Å²) in [6.45, 7) is -6.55. The van der Waals surface area contributed by atoms with Crippen molar-refractivity contribution in [2.24, 2.45) is 9.98 Å². The Balaban J connectivity index is 1.18. The lowest BCUT2D eigenvalue weighted by Gasteiger charge is -2.51. The fourth-order valence-corrected chi connectivity index (χ4v) is 15.3. The molecule has 0 bridgehead atoms. The normalized spacial score (nSPS) is 26.1. The molecule has 0 spiro atoms. The third-order valence-corrected chi connectivity index (χ3v) is 21.4. The van der Waals surface area contributed by atoms with Crippen molar-refractivity contribution in [3.8, 4) is 11.5 Å². The third-order valence-electron chi connectivity index (χ3n) is 19.6. The quantitative estimate of drug-likeness (QED) is 0.0103. The molecule has 4 aliphatic rings. The van der Waals surface area contributed by atoms with Crippen molar-refractivity contribution < 1.29 is 210 Å². The molecule has 42 nitrogen and oxygen atoms in total. The maximum atomic E-state index is 15.8. The Labute approximate surface area is 757 Å². The van der Waals surface area contributed by atoms with Crippen LogP contribution in [0.4, 0.5) is 26.3 Å². The van der Waals surface area contributed by atoms with Crippen molar-refractivity contribution in [2.45, 2.75) is 181 Å². The molecule has 134 heavy (non-hydrogen) atoms. The Kier molecular flexibility index (Phi) is 35.4. The molecule has 0 saturated carbocycles. The molecule has 0 aliphatic carbocycles. The summed E-state index contributed by atoms with van der Waals surface area (Å²) in [5.74, 6) is -15.7. The van der Waals surface area contributed by atoms with E-state index >= 15 is 27.6 Å². The summed E-state index contributed by atoms with van der Waals surface area (Å²) in [5, 5.41) is 27.8. The number of hydrogen-bond acceptors (Lipinski definition) is 40. The predicted molar refractivity (Wildman–Crippen MR) is 425 cm³/mol. The average molecular weight is 1970 g/mol. The van der Waals surface area contributed by atoms with E-state index in [1.54, 1.807) is 12.1 Å². The van der Waals surface area contributed by atoms with Gasteiger partial charge in [0.2, 0.25) is 27.1 Å². The minimum atomic E-state index is -6.48. The number of benzene rings is 7. The Hall–Kier alpha value is -11.2. The van der Waals surface area contributed by atoms with Gasteiger partial charge in [0, 0.05) is 6.42 Å². The monoisotopic (exact) mass is 1970 g/mol. The molecule has 0 aromatic heterocycles. The topological polar surface area (TPSA) is 581 Å². The van der Waals surface area contributed by atoms with E-state index in [1.807, 2.05) is 0 Å². The SMILES string of the molecule is COc1ccc(O[C@@H]2O[C@H](C(=O)OCc3ccccc3)[C@@H](O[C@@H]3O[C@H](COS(=O)(=O)[O-])[C@H](OS(=O)(=O)O)[C@H](O[C@@H]4O[C@H](C(=O)OCc5ccccc5)[C@@H](O[C@@H]5O[C@H](COS(=O)(=O)[O-])[C@H](OS(=O)(=O)O)[C@H](OC(=O)CCC(C)=O)[C@H]5N=C([O-])C(F)(F)F)[C@H](OCc5ccccc5)[C@H]4OC(=O)c4ccccc4)[C@H]3N=C([O-])C(F)(F)F)[C@H](OCc3ccccc3)[C@H]2OC(=O)c2ccccc2)cc1. The summed E-state index contributed by atoms with van der Waals surface area (Å²) in [6, 6.07) is 39.3. The summed E-state index contributed by atoms with van der Waals surface area (Å²) < 4.78 is 358. The van der Waals surface area contributed by atoms with Crippen molar-refractivity contribution in [3.63, 3.8) is 0 Å². The highest BCUT2D eigenvalue weighted by Gasteiger charge is 2.63. The second-order valence-electron chi connectivity index (χ2n) is 29.1. The van der Waals surface area contributed by atoms with Gasteiger partial charge >= 0.3 is 63.0 Å². The molecular formula is C82H78F6N2O40S4-4. The van der Waals surface area contributed by atoms with Crippen LogP contribution in [0.3, 0.4) is 0 Å². The van der Waals surface area contributed by atoms with Crippen LogP contribution < -0.4 is 19.7 Å². The molecule has 11 rings (SSSR count). The zero-order valence-electron chi connectivity index (χ0n) is 69.0. The fourth-order valence-electron chi connectivity index (χ4n) is 13.6. The summed E-state index contributed by atoms with van der Waals surface area (Å²) in [5.41, 5.74) is -0.404. The number of Topliss-reactive ketones (excluding diaryl/α,β-unsaturated/α-hetero) is 1. The lowest BCUT2D eigenvalue weighted by Crippen LogP contribution is -2.69. The first-order chi connectivity index (χ1) is 63.3. The van der Waals surface area contributed by atoms with Crippen LogP contribution in [-0.4, -0.2) is 255 Å². The zero-order valence-corrected chi connectivity index (χ0v) is 72.3. The van der Waals surface area contributed by atoms with Crippen LogP contribution >= 0.6 is 0 Å². The number of halogens is 6. The van der Waals surface area contributed by atoms with Crippen LogP contribution in [0.15, 0.2) is 216 Å². The van der Waals surface area contributed by atoms with Crippen LogP contribution in [0.5, 0.6) is 11.5 Å². The van der Waals surface area contributed by atoms with Crippen molar-refractivity contribution in [2.75, 3.05) is 20.3 Å². The molecule has 7 aromatic carbocycles. The van der Waals surface area contributed by atoms with Gasteiger partial charge in [0.25, 0.3) is 0 Å². The van der Waals surface area contributed by atoms with Crippen LogP contribution in [0.2, 0.25) is 0 Å². The van der Waals surface area contributed by atoms with E-state index in [4.69, 9.17) is 80.0 Å². The van der Waals surface area contributed by atoms with Crippen LogP contribution in [0.1, 0.15) is 62.7 Å². The first-order valence-corrected chi connectivity index (χ1v) is 44.7. The van der Waals surface area contributed by atoms with Gasteiger partial charge < -0.3 is 99.9 Å². The minimum absolute atomic E-state index is 0.0263. The third kappa shape index (κ3) is 30.1. The van der Waals surface area contributed by atoms with Crippen LogP contribution in [0.25, 0.3) is 0 Å². The highest BCUT2D eigenvalue weighted by molar-refractivity contribution is 7.81. The molecular weight excluding hydrogens is 1900 g/mol. The van der Waals surface area contributed by atoms with E-state index in [9.17, 15) is 89.7 Å². The Morgan fingerprint density at radius 1 is 0.403 bits per heavy atom. The fraction of sp³-hybridized carbons (Fsp3) is 0.390. The van der Waals surface area contributed by atoms with Gasteiger partial charge in [-0.25, -0.2) is 44.4 Å². The van der Waals surface area contributed by atoms with E-state index in [-0.39, 0.29) is 39.3 Å². The smallest absolute Gasteiger partial charge is 0.419 e.